The van der Waals surface area contributed by atoms with Gasteiger partial charge in [-0.2, -0.15) is 5.10 Å². The Morgan fingerprint density at radius 1 is 1.09 bits per heavy atom. The molecule has 0 radical (unpaired) electrons. The third-order valence-corrected chi connectivity index (χ3v) is 5.69. The van der Waals surface area contributed by atoms with Crippen LogP contribution in [-0.2, 0) is 4.79 Å². The number of nitrogens with zero attached hydrogens (tertiary/aromatic N) is 3. The van der Waals surface area contributed by atoms with Gasteiger partial charge in [0.05, 0.1) is 19.4 Å². The normalized spacial score (nSPS) is 15.5. The molecule has 178 valence electrons. The van der Waals surface area contributed by atoms with Crippen LogP contribution in [0.2, 0.25) is 5.02 Å². The van der Waals surface area contributed by atoms with E-state index >= 15 is 0 Å². The summed E-state index contributed by atoms with van der Waals surface area (Å²) >= 11 is 5.92. The van der Waals surface area contributed by atoms with Crippen molar-refractivity contribution in [3.8, 4) is 5.75 Å². The van der Waals surface area contributed by atoms with Gasteiger partial charge in [-0.1, -0.05) is 41.9 Å². The second-order valence-corrected chi connectivity index (χ2v) is 8.19. The van der Waals surface area contributed by atoms with E-state index in [1.54, 1.807) is 31.4 Å². The van der Waals surface area contributed by atoms with Crippen LogP contribution < -0.4 is 10.1 Å². The molecule has 1 unspecified atom stereocenters. The number of methoxy groups -OCH3 is 1. The minimum atomic E-state index is -1.12. The molecule has 1 aliphatic rings. The fourth-order valence-corrected chi connectivity index (χ4v) is 3.83. The van der Waals surface area contributed by atoms with Gasteiger partial charge in [0.1, 0.15) is 12.3 Å². The van der Waals surface area contributed by atoms with Crippen LogP contribution in [-0.4, -0.2) is 53.9 Å². The second kappa shape index (κ2) is 10.8. The second-order valence-electron chi connectivity index (χ2n) is 7.75. The largest absolute Gasteiger partial charge is 0.497 e. The first-order valence-corrected chi connectivity index (χ1v) is 11.2. The third kappa shape index (κ3) is 5.85. The van der Waals surface area contributed by atoms with Crippen LogP contribution in [0.15, 0.2) is 89.0 Å². The molecule has 9 heteroatoms. The molecule has 0 bridgehead atoms. The summed E-state index contributed by atoms with van der Waals surface area (Å²) in [6, 6.07) is 23.7. The Bertz CT molecular complexity index is 1260. The number of amides is 1. The molecule has 8 nitrogen and oxygen atoms in total. The smallest absolute Gasteiger partial charge is 0.325 e. The van der Waals surface area contributed by atoms with E-state index in [-0.39, 0.29) is 11.9 Å². The lowest BCUT2D eigenvalue weighted by atomic mass is 9.90. The van der Waals surface area contributed by atoms with Gasteiger partial charge in [0.2, 0.25) is 5.96 Å². The average Bonchev–Trinajstić information content (AvgIpc) is 3.32. The summed E-state index contributed by atoms with van der Waals surface area (Å²) in [5.74, 6) is -0.931. The molecule has 35 heavy (non-hydrogen) atoms. The SMILES string of the molecule is COc1ccc(C2=NN(C(=NCC(=O)O)NC(=O)c3ccc(Cl)cc3)CC2c2ccccc2)cc1. The van der Waals surface area contributed by atoms with E-state index in [1.165, 1.54) is 5.01 Å². The van der Waals surface area contributed by atoms with Crippen molar-refractivity contribution >= 4 is 35.1 Å². The summed E-state index contributed by atoms with van der Waals surface area (Å²) in [5.41, 5.74) is 3.04. The molecule has 4 rings (SSSR count). The Morgan fingerprint density at radius 3 is 2.40 bits per heavy atom. The molecule has 1 heterocycles. The fraction of sp³-hybridized carbons (Fsp3) is 0.154. The minimum absolute atomic E-state index is 0.0526. The maximum Gasteiger partial charge on any atom is 0.325 e. The standard InChI is InChI=1S/C26H23ClN4O4/c1-35-21-13-9-18(10-14-21)24-22(17-5-3-2-4-6-17)16-31(30-24)26(28-15-23(32)33)29-25(34)19-7-11-20(27)12-8-19/h2-14,22H,15-16H2,1H3,(H,32,33)(H,28,29,34). The number of carboxylic acids is 1. The van der Waals surface area contributed by atoms with Gasteiger partial charge in [0, 0.05) is 16.5 Å². The Morgan fingerprint density at radius 2 is 1.77 bits per heavy atom. The highest BCUT2D eigenvalue weighted by atomic mass is 35.5. The number of aliphatic imine (C=N–C) groups is 1. The Kier molecular flexibility index (Phi) is 7.42. The molecule has 0 aromatic heterocycles. The molecule has 0 saturated carbocycles. The van der Waals surface area contributed by atoms with E-state index in [0.29, 0.717) is 17.1 Å². The van der Waals surface area contributed by atoms with Gasteiger partial charge in [0.15, 0.2) is 0 Å². The molecule has 0 fully saturated rings. The molecule has 1 atom stereocenters. The summed E-state index contributed by atoms with van der Waals surface area (Å²) in [5, 5.41) is 18.7. The van der Waals surface area contributed by atoms with Gasteiger partial charge in [0.25, 0.3) is 5.91 Å². The van der Waals surface area contributed by atoms with Crippen LogP contribution in [0.4, 0.5) is 0 Å². The monoisotopic (exact) mass is 490 g/mol. The van der Waals surface area contributed by atoms with Crippen LogP contribution in [0.25, 0.3) is 0 Å². The summed E-state index contributed by atoms with van der Waals surface area (Å²) in [6.07, 6.45) is 0. The minimum Gasteiger partial charge on any atom is -0.497 e. The van der Waals surface area contributed by atoms with Crippen LogP contribution in [0.5, 0.6) is 5.75 Å². The zero-order valence-corrected chi connectivity index (χ0v) is 19.6. The van der Waals surface area contributed by atoms with Crippen LogP contribution in [0.1, 0.15) is 27.4 Å². The number of aliphatic carboxylic acids is 1. The van der Waals surface area contributed by atoms with E-state index in [0.717, 1.165) is 22.6 Å². The summed E-state index contributed by atoms with van der Waals surface area (Å²) < 4.78 is 5.27. The number of carboxylic acid groups (broad SMARTS) is 1. The van der Waals surface area contributed by atoms with Crippen LogP contribution >= 0.6 is 11.6 Å². The number of guanidine groups is 1. The molecule has 1 amide bonds. The number of hydrogen-bond acceptors (Lipinski definition) is 5. The van der Waals surface area contributed by atoms with E-state index in [9.17, 15) is 14.7 Å². The number of nitrogens with one attached hydrogen (secondary N) is 1. The van der Waals surface area contributed by atoms with Crippen molar-refractivity contribution in [1.29, 1.82) is 0 Å². The summed E-state index contributed by atoms with van der Waals surface area (Å²) in [4.78, 5) is 28.2. The number of ether oxygens (including phenoxy) is 1. The van der Waals surface area contributed by atoms with E-state index in [4.69, 9.17) is 21.4 Å². The van der Waals surface area contributed by atoms with Crippen molar-refractivity contribution < 1.29 is 19.4 Å². The number of hydrazone groups is 1. The quantitative estimate of drug-likeness (QED) is 0.401. The predicted octanol–water partition coefficient (Wildman–Crippen LogP) is 4.02. The Labute approximate surface area is 207 Å². The molecule has 3 aromatic carbocycles. The highest BCUT2D eigenvalue weighted by Crippen LogP contribution is 2.29. The first-order valence-electron chi connectivity index (χ1n) is 10.8. The maximum absolute atomic E-state index is 12.9. The topological polar surface area (TPSA) is 104 Å². The lowest BCUT2D eigenvalue weighted by molar-refractivity contribution is -0.135. The van der Waals surface area contributed by atoms with Gasteiger partial charge in [-0.25, -0.2) is 10.0 Å². The average molecular weight is 491 g/mol. The summed E-state index contributed by atoms with van der Waals surface area (Å²) in [6.45, 7) is -0.152. The number of carbonyl (C=O) groups excluding carboxylic acids is 1. The molecular formula is C26H23ClN4O4. The van der Waals surface area contributed by atoms with Crippen molar-refractivity contribution in [3.63, 3.8) is 0 Å². The van der Waals surface area contributed by atoms with E-state index < -0.39 is 18.4 Å². The van der Waals surface area contributed by atoms with Gasteiger partial charge in [-0.15, -0.1) is 0 Å². The number of rotatable bonds is 6. The molecule has 0 aliphatic carbocycles. The van der Waals surface area contributed by atoms with E-state index in [2.05, 4.69) is 10.3 Å². The number of hydrogen-bond donors (Lipinski definition) is 2. The maximum atomic E-state index is 12.9. The summed E-state index contributed by atoms with van der Waals surface area (Å²) in [7, 11) is 1.60. The highest BCUT2D eigenvalue weighted by molar-refractivity contribution is 6.30. The van der Waals surface area contributed by atoms with Crippen molar-refractivity contribution in [1.82, 2.24) is 10.3 Å². The fourth-order valence-electron chi connectivity index (χ4n) is 3.71. The predicted molar refractivity (Wildman–Crippen MR) is 134 cm³/mol. The molecule has 2 N–H and O–H groups in total. The number of halogens is 1. The van der Waals surface area contributed by atoms with Crippen molar-refractivity contribution in [2.24, 2.45) is 10.1 Å². The van der Waals surface area contributed by atoms with Gasteiger partial charge < -0.3 is 9.84 Å². The zero-order valence-electron chi connectivity index (χ0n) is 18.9. The first kappa shape index (κ1) is 24.0. The number of carbonyl (C=O) groups is 2. The van der Waals surface area contributed by atoms with Gasteiger partial charge in [-0.3, -0.25) is 14.9 Å². The molecule has 0 spiro atoms. The highest BCUT2D eigenvalue weighted by Gasteiger charge is 2.32. The van der Waals surface area contributed by atoms with Gasteiger partial charge in [-0.05, 0) is 59.7 Å². The van der Waals surface area contributed by atoms with Gasteiger partial charge >= 0.3 is 5.97 Å². The van der Waals surface area contributed by atoms with Crippen LogP contribution in [0, 0.1) is 0 Å². The van der Waals surface area contributed by atoms with Crippen molar-refractivity contribution in [2.75, 3.05) is 20.2 Å². The lowest BCUT2D eigenvalue weighted by Gasteiger charge is -2.19. The van der Waals surface area contributed by atoms with E-state index in [1.807, 2.05) is 54.6 Å². The Balaban J connectivity index is 1.69. The lowest BCUT2D eigenvalue weighted by Crippen LogP contribution is -2.41. The molecule has 0 saturated heterocycles. The molecule has 3 aromatic rings. The third-order valence-electron chi connectivity index (χ3n) is 5.44. The first-order chi connectivity index (χ1) is 16.9. The van der Waals surface area contributed by atoms with Crippen LogP contribution in [0.3, 0.4) is 0 Å². The van der Waals surface area contributed by atoms with Crippen molar-refractivity contribution in [3.05, 3.63) is 101 Å². The molecule has 1 aliphatic heterocycles. The van der Waals surface area contributed by atoms with Crippen molar-refractivity contribution in [2.45, 2.75) is 5.92 Å². The Hall–Kier alpha value is -4.17. The number of benzene rings is 3. The molecular weight excluding hydrogens is 468 g/mol. The zero-order chi connectivity index (χ0) is 24.8.